The van der Waals surface area contributed by atoms with E-state index in [1.165, 1.54) is 11.1 Å². The van der Waals surface area contributed by atoms with Gasteiger partial charge in [-0.25, -0.2) is 0 Å². The third-order valence-electron chi connectivity index (χ3n) is 5.40. The summed E-state index contributed by atoms with van der Waals surface area (Å²) in [6, 6.07) is 15.8. The van der Waals surface area contributed by atoms with Crippen molar-refractivity contribution in [2.75, 3.05) is 11.9 Å². The van der Waals surface area contributed by atoms with Crippen molar-refractivity contribution >= 4 is 17.4 Å². The quantitative estimate of drug-likeness (QED) is 0.534. The molecule has 0 unspecified atom stereocenters. The largest absolute Gasteiger partial charge is 0.467 e. The molecule has 3 aromatic heterocycles. The summed E-state index contributed by atoms with van der Waals surface area (Å²) in [6.07, 6.45) is 3.42. The fraction of sp³-hybridized carbons (Fsp3) is 0.273. The van der Waals surface area contributed by atoms with Crippen molar-refractivity contribution in [1.29, 1.82) is 0 Å². The summed E-state index contributed by atoms with van der Waals surface area (Å²) >= 11 is 0. The molecule has 1 aliphatic rings. The van der Waals surface area contributed by atoms with Gasteiger partial charge < -0.3 is 14.6 Å². The second-order valence-electron chi connectivity index (χ2n) is 7.37. The Kier molecular flexibility index (Phi) is 4.88. The molecule has 4 aromatic rings. The maximum absolute atomic E-state index is 12.8. The molecule has 8 heteroatoms. The fourth-order valence-corrected chi connectivity index (χ4v) is 3.76. The first-order valence-electron chi connectivity index (χ1n) is 10.1. The van der Waals surface area contributed by atoms with Gasteiger partial charge in [0.25, 0.3) is 0 Å². The van der Waals surface area contributed by atoms with Crippen molar-refractivity contribution in [2.45, 2.75) is 32.4 Å². The zero-order valence-corrected chi connectivity index (χ0v) is 16.5. The van der Waals surface area contributed by atoms with Gasteiger partial charge in [-0.2, -0.15) is 4.52 Å². The van der Waals surface area contributed by atoms with Crippen LogP contribution in [0.4, 0.5) is 5.82 Å². The molecule has 4 heterocycles. The molecular weight excluding hydrogens is 380 g/mol. The van der Waals surface area contributed by atoms with Crippen LogP contribution in [0.2, 0.25) is 0 Å². The number of carbonyl (C=O) groups is 1. The minimum absolute atomic E-state index is 0.133. The molecule has 0 aliphatic carbocycles. The summed E-state index contributed by atoms with van der Waals surface area (Å²) in [5.74, 6) is 2.33. The Morgan fingerprint density at radius 1 is 1.07 bits per heavy atom. The Morgan fingerprint density at radius 3 is 2.83 bits per heavy atom. The lowest BCUT2D eigenvalue weighted by atomic mass is 9.99. The van der Waals surface area contributed by atoms with Gasteiger partial charge in [0, 0.05) is 25.9 Å². The van der Waals surface area contributed by atoms with Crippen LogP contribution in [-0.2, 0) is 30.7 Å². The summed E-state index contributed by atoms with van der Waals surface area (Å²) in [5.41, 5.74) is 3.23. The first-order valence-corrected chi connectivity index (χ1v) is 10.1. The van der Waals surface area contributed by atoms with Crippen molar-refractivity contribution in [2.24, 2.45) is 0 Å². The monoisotopic (exact) mass is 402 g/mol. The van der Waals surface area contributed by atoms with Crippen LogP contribution in [0.5, 0.6) is 0 Å². The molecule has 152 valence electrons. The van der Waals surface area contributed by atoms with Gasteiger partial charge in [0.1, 0.15) is 11.6 Å². The highest BCUT2D eigenvalue weighted by molar-refractivity contribution is 5.76. The Morgan fingerprint density at radius 2 is 1.97 bits per heavy atom. The average molecular weight is 402 g/mol. The van der Waals surface area contributed by atoms with Crippen molar-refractivity contribution in [3.8, 4) is 0 Å². The molecular formula is C22H22N6O2. The molecule has 30 heavy (non-hydrogen) atoms. The third-order valence-corrected chi connectivity index (χ3v) is 5.40. The van der Waals surface area contributed by atoms with E-state index in [0.29, 0.717) is 43.2 Å². The molecule has 0 radical (unpaired) electrons. The summed E-state index contributed by atoms with van der Waals surface area (Å²) in [7, 11) is 0. The Bertz CT molecular complexity index is 1170. The number of hydrogen-bond donors (Lipinski definition) is 1. The van der Waals surface area contributed by atoms with E-state index in [4.69, 9.17) is 4.42 Å². The summed E-state index contributed by atoms with van der Waals surface area (Å²) < 4.78 is 7.03. The number of fused-ring (bicyclic) bond motifs is 2. The normalized spacial score (nSPS) is 13.4. The van der Waals surface area contributed by atoms with Crippen LogP contribution < -0.4 is 5.32 Å². The summed E-state index contributed by atoms with van der Waals surface area (Å²) in [4.78, 5) is 14.7. The van der Waals surface area contributed by atoms with E-state index in [1.54, 1.807) is 10.8 Å². The molecule has 0 saturated carbocycles. The SMILES string of the molecule is O=C(CCc1nnc2ccc(NCc3ccco3)nn12)N1CCc2ccccc2C1. The van der Waals surface area contributed by atoms with Crippen molar-refractivity contribution in [1.82, 2.24) is 24.7 Å². The van der Waals surface area contributed by atoms with Crippen LogP contribution in [-0.4, -0.2) is 37.2 Å². The molecule has 0 bridgehead atoms. The summed E-state index contributed by atoms with van der Waals surface area (Å²) in [5, 5.41) is 16.2. The lowest BCUT2D eigenvalue weighted by molar-refractivity contribution is -0.132. The Labute approximate surface area is 173 Å². The van der Waals surface area contributed by atoms with Crippen LogP contribution in [0, 0.1) is 0 Å². The van der Waals surface area contributed by atoms with E-state index in [0.717, 1.165) is 18.7 Å². The topological polar surface area (TPSA) is 88.6 Å². The number of aromatic nitrogens is 4. The van der Waals surface area contributed by atoms with Gasteiger partial charge >= 0.3 is 0 Å². The van der Waals surface area contributed by atoms with E-state index >= 15 is 0 Å². The molecule has 1 amide bonds. The zero-order chi connectivity index (χ0) is 20.3. The molecule has 8 nitrogen and oxygen atoms in total. The number of benzene rings is 1. The number of rotatable bonds is 6. The highest BCUT2D eigenvalue weighted by atomic mass is 16.3. The van der Waals surface area contributed by atoms with Gasteiger partial charge in [0.05, 0.1) is 12.8 Å². The maximum Gasteiger partial charge on any atom is 0.223 e. The van der Waals surface area contributed by atoms with Gasteiger partial charge in [0.15, 0.2) is 11.5 Å². The van der Waals surface area contributed by atoms with Crippen LogP contribution in [0.1, 0.15) is 29.1 Å². The molecule has 0 fully saturated rings. The minimum atomic E-state index is 0.133. The van der Waals surface area contributed by atoms with Gasteiger partial charge in [-0.1, -0.05) is 24.3 Å². The number of anilines is 1. The second-order valence-corrected chi connectivity index (χ2v) is 7.37. The van der Waals surface area contributed by atoms with Crippen molar-refractivity contribution < 1.29 is 9.21 Å². The minimum Gasteiger partial charge on any atom is -0.467 e. The lowest BCUT2D eigenvalue weighted by Gasteiger charge is -2.28. The number of nitrogens with one attached hydrogen (secondary N) is 1. The molecule has 0 spiro atoms. The fourth-order valence-electron chi connectivity index (χ4n) is 3.76. The Balaban J connectivity index is 1.24. The first-order chi connectivity index (χ1) is 14.8. The van der Waals surface area contributed by atoms with Gasteiger partial charge in [-0.05, 0) is 41.8 Å². The maximum atomic E-state index is 12.8. The van der Waals surface area contributed by atoms with Crippen LogP contribution in [0.15, 0.2) is 59.2 Å². The predicted molar refractivity (Wildman–Crippen MR) is 111 cm³/mol. The lowest BCUT2D eigenvalue weighted by Crippen LogP contribution is -2.36. The van der Waals surface area contributed by atoms with Crippen molar-refractivity contribution in [3.63, 3.8) is 0 Å². The summed E-state index contributed by atoms with van der Waals surface area (Å²) in [6.45, 7) is 1.97. The smallest absolute Gasteiger partial charge is 0.223 e. The van der Waals surface area contributed by atoms with Crippen LogP contribution in [0.3, 0.4) is 0 Å². The predicted octanol–water partition coefficient (Wildman–Crippen LogP) is 2.85. The van der Waals surface area contributed by atoms with E-state index in [2.05, 4.69) is 38.8 Å². The second kappa shape index (κ2) is 7.98. The number of aryl methyl sites for hydroxylation is 1. The highest BCUT2D eigenvalue weighted by Crippen LogP contribution is 2.19. The zero-order valence-electron chi connectivity index (χ0n) is 16.5. The number of amides is 1. The van der Waals surface area contributed by atoms with Gasteiger partial charge in [0.2, 0.25) is 5.91 Å². The molecule has 1 aliphatic heterocycles. The van der Waals surface area contributed by atoms with E-state index in [1.807, 2.05) is 35.2 Å². The van der Waals surface area contributed by atoms with Crippen LogP contribution >= 0.6 is 0 Å². The Hall–Kier alpha value is -3.68. The average Bonchev–Trinajstić information content (AvgIpc) is 3.45. The molecule has 0 saturated heterocycles. The van der Waals surface area contributed by atoms with Crippen molar-refractivity contribution in [3.05, 3.63) is 77.5 Å². The molecule has 1 N–H and O–H groups in total. The van der Waals surface area contributed by atoms with E-state index in [9.17, 15) is 4.79 Å². The van der Waals surface area contributed by atoms with E-state index in [-0.39, 0.29) is 5.91 Å². The van der Waals surface area contributed by atoms with Gasteiger partial charge in [-0.15, -0.1) is 15.3 Å². The van der Waals surface area contributed by atoms with Gasteiger partial charge in [-0.3, -0.25) is 4.79 Å². The number of nitrogens with zero attached hydrogens (tertiary/aromatic N) is 5. The number of carbonyl (C=O) groups excluding carboxylic acids is 1. The number of hydrogen-bond acceptors (Lipinski definition) is 6. The molecule has 5 rings (SSSR count). The first kappa shape index (κ1) is 18.4. The van der Waals surface area contributed by atoms with E-state index < -0.39 is 0 Å². The standard InChI is InChI=1S/C22H22N6O2/c29-22(27-12-11-16-4-1-2-5-17(16)15-27)10-9-21-25-24-20-8-7-19(26-28(20)21)23-14-18-6-3-13-30-18/h1-8,13H,9-12,14-15H2,(H,23,26). The van der Waals surface area contributed by atoms with Crippen LogP contribution in [0.25, 0.3) is 5.65 Å². The highest BCUT2D eigenvalue weighted by Gasteiger charge is 2.21. The third kappa shape index (κ3) is 3.76. The molecule has 1 aromatic carbocycles. The molecule has 0 atom stereocenters. The number of furan rings is 1.